The fourth-order valence-electron chi connectivity index (χ4n) is 3.03. The minimum Gasteiger partial charge on any atom is -0.497 e. The number of rotatable bonds is 5. The Morgan fingerprint density at radius 2 is 2.12 bits per heavy atom. The number of carbonyl (C=O) groups is 1. The fraction of sp³-hybridized carbons (Fsp3) is 0.500. The van der Waals surface area contributed by atoms with Crippen molar-refractivity contribution in [3.63, 3.8) is 0 Å². The van der Waals surface area contributed by atoms with Crippen molar-refractivity contribution in [1.82, 2.24) is 15.1 Å². The highest BCUT2D eigenvalue weighted by molar-refractivity contribution is 5.76. The van der Waals surface area contributed by atoms with E-state index in [1.807, 2.05) is 36.1 Å². The third-order valence-corrected chi connectivity index (χ3v) is 4.36. The van der Waals surface area contributed by atoms with E-state index in [1.165, 1.54) is 0 Å². The average molecular weight is 329 g/mol. The van der Waals surface area contributed by atoms with Gasteiger partial charge in [0.25, 0.3) is 0 Å². The first-order valence-corrected chi connectivity index (χ1v) is 8.47. The number of likely N-dealkylation sites (tertiary alicyclic amines) is 1. The van der Waals surface area contributed by atoms with Crippen molar-refractivity contribution in [3.8, 4) is 17.2 Å². The molecule has 0 bridgehead atoms. The lowest BCUT2D eigenvalue weighted by molar-refractivity contribution is -0.132. The van der Waals surface area contributed by atoms with Gasteiger partial charge < -0.3 is 14.1 Å². The lowest BCUT2D eigenvalue weighted by atomic mass is 9.97. The summed E-state index contributed by atoms with van der Waals surface area (Å²) < 4.78 is 11.0. The second kappa shape index (κ2) is 7.47. The third-order valence-electron chi connectivity index (χ3n) is 4.36. The Bertz CT molecular complexity index is 681. The van der Waals surface area contributed by atoms with Crippen LogP contribution in [-0.4, -0.2) is 41.2 Å². The van der Waals surface area contributed by atoms with Crippen LogP contribution in [0.15, 0.2) is 28.7 Å². The number of nitrogens with zero attached hydrogens (tertiary/aromatic N) is 3. The van der Waals surface area contributed by atoms with E-state index in [2.05, 4.69) is 10.2 Å². The van der Waals surface area contributed by atoms with Crippen LogP contribution < -0.4 is 4.74 Å². The summed E-state index contributed by atoms with van der Waals surface area (Å²) in [5, 5.41) is 8.38. The van der Waals surface area contributed by atoms with E-state index in [9.17, 15) is 4.79 Å². The van der Waals surface area contributed by atoms with Crippen LogP contribution in [0.4, 0.5) is 0 Å². The second-order valence-corrected chi connectivity index (χ2v) is 6.10. The summed E-state index contributed by atoms with van der Waals surface area (Å²) in [6, 6.07) is 7.53. The molecule has 1 atom stereocenters. The van der Waals surface area contributed by atoms with Crippen LogP contribution in [-0.2, 0) is 4.79 Å². The van der Waals surface area contributed by atoms with Gasteiger partial charge in [0.1, 0.15) is 5.75 Å². The molecule has 2 heterocycles. The molecule has 0 radical (unpaired) electrons. The van der Waals surface area contributed by atoms with Crippen molar-refractivity contribution >= 4 is 5.91 Å². The Morgan fingerprint density at radius 1 is 1.33 bits per heavy atom. The van der Waals surface area contributed by atoms with Crippen molar-refractivity contribution in [2.45, 2.75) is 38.5 Å². The quantitative estimate of drug-likeness (QED) is 0.842. The molecule has 0 saturated carbocycles. The SMILES string of the molecule is CCCC(=O)N1CCC[C@H](c2nnc(-c3ccc(OC)cc3)o2)C1. The molecule has 24 heavy (non-hydrogen) atoms. The van der Waals surface area contributed by atoms with Crippen molar-refractivity contribution in [1.29, 1.82) is 0 Å². The molecule has 1 aromatic carbocycles. The van der Waals surface area contributed by atoms with E-state index < -0.39 is 0 Å². The first kappa shape index (κ1) is 16.5. The minimum absolute atomic E-state index is 0.124. The molecule has 1 amide bonds. The molecule has 1 aromatic heterocycles. The van der Waals surface area contributed by atoms with Crippen molar-refractivity contribution < 1.29 is 13.9 Å². The zero-order valence-corrected chi connectivity index (χ0v) is 14.2. The van der Waals surface area contributed by atoms with Gasteiger partial charge in [-0.15, -0.1) is 10.2 Å². The molecule has 0 N–H and O–H groups in total. The number of carbonyl (C=O) groups excluding carboxylic acids is 1. The molecule has 1 saturated heterocycles. The number of piperidine rings is 1. The molecule has 1 aliphatic rings. The summed E-state index contributed by atoms with van der Waals surface area (Å²) in [5.41, 5.74) is 0.865. The van der Waals surface area contributed by atoms with Crippen LogP contribution in [0, 0.1) is 0 Å². The number of methoxy groups -OCH3 is 1. The van der Waals surface area contributed by atoms with Gasteiger partial charge in [-0.25, -0.2) is 0 Å². The molecule has 0 unspecified atom stereocenters. The highest BCUT2D eigenvalue weighted by Crippen LogP contribution is 2.29. The number of hydrogen-bond donors (Lipinski definition) is 0. The lowest BCUT2D eigenvalue weighted by Gasteiger charge is -2.31. The van der Waals surface area contributed by atoms with E-state index in [4.69, 9.17) is 9.15 Å². The first-order valence-electron chi connectivity index (χ1n) is 8.47. The molecular formula is C18H23N3O3. The monoisotopic (exact) mass is 329 g/mol. The Kier molecular flexibility index (Phi) is 5.13. The summed E-state index contributed by atoms with van der Waals surface area (Å²) in [6.07, 6.45) is 3.43. The van der Waals surface area contributed by atoms with Crippen molar-refractivity contribution in [2.24, 2.45) is 0 Å². The molecule has 128 valence electrons. The summed E-state index contributed by atoms with van der Waals surface area (Å²) in [4.78, 5) is 14.0. The summed E-state index contributed by atoms with van der Waals surface area (Å²) >= 11 is 0. The predicted molar refractivity (Wildman–Crippen MR) is 89.7 cm³/mol. The normalized spacial score (nSPS) is 17.8. The largest absolute Gasteiger partial charge is 0.497 e. The van der Waals surface area contributed by atoms with Crippen LogP contribution in [0.3, 0.4) is 0 Å². The molecular weight excluding hydrogens is 306 g/mol. The number of amides is 1. The summed E-state index contributed by atoms with van der Waals surface area (Å²) in [7, 11) is 1.63. The van der Waals surface area contributed by atoms with Crippen LogP contribution in [0.25, 0.3) is 11.5 Å². The third kappa shape index (κ3) is 3.58. The molecule has 1 fully saturated rings. The molecule has 3 rings (SSSR count). The standard InChI is InChI=1S/C18H23N3O3/c1-3-5-16(22)21-11-4-6-14(12-21)18-20-19-17(24-18)13-7-9-15(23-2)10-8-13/h7-10,14H,3-6,11-12H2,1-2H3/t14-/m0/s1. The van der Waals surface area contributed by atoms with Crippen LogP contribution in [0.1, 0.15) is 44.4 Å². The van der Waals surface area contributed by atoms with Gasteiger partial charge in [0.15, 0.2) is 0 Å². The van der Waals surface area contributed by atoms with Gasteiger partial charge in [-0.2, -0.15) is 0 Å². The summed E-state index contributed by atoms with van der Waals surface area (Å²) in [5.74, 6) is 2.26. The first-order chi connectivity index (χ1) is 11.7. The Morgan fingerprint density at radius 3 is 2.83 bits per heavy atom. The van der Waals surface area contributed by atoms with Gasteiger partial charge in [-0.05, 0) is 43.5 Å². The number of aromatic nitrogens is 2. The molecule has 2 aromatic rings. The van der Waals surface area contributed by atoms with Crippen LogP contribution >= 0.6 is 0 Å². The maximum atomic E-state index is 12.1. The lowest BCUT2D eigenvalue weighted by Crippen LogP contribution is -2.39. The van der Waals surface area contributed by atoms with Gasteiger partial charge in [0.05, 0.1) is 13.0 Å². The Labute approximate surface area is 141 Å². The average Bonchev–Trinajstić information content (AvgIpc) is 3.12. The van der Waals surface area contributed by atoms with E-state index in [0.29, 0.717) is 24.7 Å². The van der Waals surface area contributed by atoms with E-state index in [1.54, 1.807) is 7.11 Å². The maximum absolute atomic E-state index is 12.1. The van der Waals surface area contributed by atoms with Crippen LogP contribution in [0.5, 0.6) is 5.75 Å². The predicted octanol–water partition coefficient (Wildman–Crippen LogP) is 3.25. The molecule has 1 aliphatic heterocycles. The van der Waals surface area contributed by atoms with Gasteiger partial charge in [0, 0.05) is 25.1 Å². The van der Waals surface area contributed by atoms with Gasteiger partial charge >= 0.3 is 0 Å². The Hall–Kier alpha value is -2.37. The van der Waals surface area contributed by atoms with Crippen molar-refractivity contribution in [3.05, 3.63) is 30.2 Å². The number of benzene rings is 1. The zero-order chi connectivity index (χ0) is 16.9. The minimum atomic E-state index is 0.124. The topological polar surface area (TPSA) is 68.5 Å². The van der Waals surface area contributed by atoms with E-state index in [-0.39, 0.29) is 11.8 Å². The van der Waals surface area contributed by atoms with Gasteiger partial charge in [-0.1, -0.05) is 6.92 Å². The van der Waals surface area contributed by atoms with Crippen molar-refractivity contribution in [2.75, 3.05) is 20.2 Å². The molecule has 6 nitrogen and oxygen atoms in total. The maximum Gasteiger partial charge on any atom is 0.247 e. The Balaban J connectivity index is 1.71. The second-order valence-electron chi connectivity index (χ2n) is 6.10. The van der Waals surface area contributed by atoms with Gasteiger partial charge in [-0.3, -0.25) is 4.79 Å². The molecule has 0 spiro atoms. The molecule has 0 aliphatic carbocycles. The highest BCUT2D eigenvalue weighted by Gasteiger charge is 2.28. The van der Waals surface area contributed by atoms with Crippen LogP contribution in [0.2, 0.25) is 0 Å². The van der Waals surface area contributed by atoms with Gasteiger partial charge in [0.2, 0.25) is 17.7 Å². The van der Waals surface area contributed by atoms with E-state index in [0.717, 1.165) is 37.1 Å². The fourth-order valence-corrected chi connectivity index (χ4v) is 3.03. The smallest absolute Gasteiger partial charge is 0.247 e. The molecule has 6 heteroatoms. The zero-order valence-electron chi connectivity index (χ0n) is 14.2. The van der Waals surface area contributed by atoms with E-state index >= 15 is 0 Å². The summed E-state index contributed by atoms with van der Waals surface area (Å²) in [6.45, 7) is 3.52. The number of hydrogen-bond acceptors (Lipinski definition) is 5. The highest BCUT2D eigenvalue weighted by atomic mass is 16.5. The number of ether oxygens (including phenoxy) is 1.